The Morgan fingerprint density at radius 3 is 2.55 bits per heavy atom. The zero-order chi connectivity index (χ0) is 15.3. The Morgan fingerprint density at radius 2 is 2.05 bits per heavy atom. The van der Waals surface area contributed by atoms with Gasteiger partial charge in [0.15, 0.2) is 5.75 Å². The molecule has 1 aromatic rings. The minimum absolute atomic E-state index is 0.0388. The molecule has 1 aromatic carbocycles. The van der Waals surface area contributed by atoms with Gasteiger partial charge in [-0.15, -0.1) is 0 Å². The maximum atomic E-state index is 13.6. The maximum Gasteiger partial charge on any atom is 0.312 e. The molecule has 0 aliphatic rings. The summed E-state index contributed by atoms with van der Waals surface area (Å²) in [4.78, 5) is 9.00. The van der Waals surface area contributed by atoms with Crippen LogP contribution in [0.15, 0.2) is 17.0 Å². The van der Waals surface area contributed by atoms with Crippen molar-refractivity contribution in [3.05, 3.63) is 28.1 Å². The Labute approximate surface area is 114 Å². The highest BCUT2D eigenvalue weighted by molar-refractivity contribution is 7.89. The third-order valence-corrected chi connectivity index (χ3v) is 3.13. The van der Waals surface area contributed by atoms with Crippen molar-refractivity contribution in [1.29, 1.82) is 0 Å². The minimum Gasteiger partial charge on any atom is -0.484 e. The molecular weight excluding hydrogens is 295 g/mol. The second-order valence-electron chi connectivity index (χ2n) is 3.60. The predicted molar refractivity (Wildman–Crippen MR) is 66.4 cm³/mol. The Bertz CT molecular complexity index is 604. The first-order valence-corrected chi connectivity index (χ1v) is 7.03. The molecule has 0 amide bonds. The molecule has 0 saturated heterocycles. The van der Waals surface area contributed by atoms with E-state index in [1.165, 1.54) is 0 Å². The van der Waals surface area contributed by atoms with Gasteiger partial charge in [0.1, 0.15) is 17.3 Å². The van der Waals surface area contributed by atoms with Gasteiger partial charge < -0.3 is 9.47 Å². The predicted octanol–water partition coefficient (Wildman–Crippen LogP) is 0.797. The minimum atomic E-state index is -4.40. The molecule has 20 heavy (non-hydrogen) atoms. The smallest absolute Gasteiger partial charge is 0.312 e. The van der Waals surface area contributed by atoms with Gasteiger partial charge in [0, 0.05) is 18.7 Å². The number of halogens is 1. The number of primary sulfonamides is 1. The summed E-state index contributed by atoms with van der Waals surface area (Å²) >= 11 is 0. The molecule has 0 aliphatic carbocycles. The lowest BCUT2D eigenvalue weighted by Gasteiger charge is -2.08. The number of nitrogens with two attached hydrogens (primary N) is 1. The fraction of sp³-hybridized carbons (Fsp3) is 0.400. The topological polar surface area (TPSA) is 122 Å². The highest BCUT2D eigenvalue weighted by Crippen LogP contribution is 2.31. The summed E-state index contributed by atoms with van der Waals surface area (Å²) in [5, 5.41) is 15.6. The molecule has 0 saturated carbocycles. The maximum absolute atomic E-state index is 13.6. The molecule has 0 atom stereocenters. The molecule has 0 aliphatic heterocycles. The molecule has 112 valence electrons. The van der Waals surface area contributed by atoms with Crippen molar-refractivity contribution in [2.24, 2.45) is 5.14 Å². The molecule has 0 radical (unpaired) electrons. The van der Waals surface area contributed by atoms with E-state index in [9.17, 15) is 22.9 Å². The number of sulfonamides is 1. The first-order valence-electron chi connectivity index (χ1n) is 5.48. The Morgan fingerprint density at radius 1 is 1.40 bits per heavy atom. The fourth-order valence-corrected chi connectivity index (χ4v) is 1.96. The van der Waals surface area contributed by atoms with Gasteiger partial charge in [0.2, 0.25) is 10.0 Å². The highest BCUT2D eigenvalue weighted by atomic mass is 32.2. The molecule has 0 unspecified atom stereocenters. The lowest BCUT2D eigenvalue weighted by Crippen LogP contribution is -2.15. The van der Waals surface area contributed by atoms with Gasteiger partial charge in [-0.25, -0.2) is 17.9 Å². The van der Waals surface area contributed by atoms with E-state index in [1.54, 1.807) is 6.92 Å². The van der Waals surface area contributed by atoms with Crippen LogP contribution in [0.3, 0.4) is 0 Å². The number of rotatable bonds is 7. The standard InChI is InChI=1S/C10H13FN2O6S/c1-2-18-3-4-19-9-5-7(11)10(20(12,16)17)6-8(9)13(14)15/h5-6H,2-4H2,1H3,(H2,12,16,17). The van der Waals surface area contributed by atoms with Gasteiger partial charge in [0.25, 0.3) is 0 Å². The number of nitro benzene ring substituents is 1. The molecule has 2 N–H and O–H groups in total. The van der Waals surface area contributed by atoms with Crippen LogP contribution in [0.1, 0.15) is 6.92 Å². The second-order valence-corrected chi connectivity index (χ2v) is 5.13. The van der Waals surface area contributed by atoms with Crippen molar-refractivity contribution in [3.8, 4) is 5.75 Å². The first kappa shape index (κ1) is 16.3. The van der Waals surface area contributed by atoms with E-state index in [1.807, 2.05) is 0 Å². The molecule has 10 heteroatoms. The van der Waals surface area contributed by atoms with E-state index in [0.717, 1.165) is 0 Å². The summed E-state index contributed by atoms with van der Waals surface area (Å²) in [6.07, 6.45) is 0. The Hall–Kier alpha value is -1.78. The zero-order valence-electron chi connectivity index (χ0n) is 10.5. The summed E-state index contributed by atoms with van der Waals surface area (Å²) in [5.41, 5.74) is -0.688. The Kier molecular flexibility index (Phi) is 5.36. The fourth-order valence-electron chi connectivity index (χ4n) is 1.36. The molecule has 0 bridgehead atoms. The van der Waals surface area contributed by atoms with E-state index >= 15 is 0 Å². The van der Waals surface area contributed by atoms with E-state index < -0.39 is 31.3 Å². The van der Waals surface area contributed by atoms with Crippen LogP contribution in [0.5, 0.6) is 5.75 Å². The average Bonchev–Trinajstić information content (AvgIpc) is 2.32. The van der Waals surface area contributed by atoms with Crippen LogP contribution >= 0.6 is 0 Å². The van der Waals surface area contributed by atoms with Crippen LogP contribution < -0.4 is 9.88 Å². The molecule has 0 spiro atoms. The number of ether oxygens (including phenoxy) is 2. The van der Waals surface area contributed by atoms with Crippen molar-refractivity contribution in [2.75, 3.05) is 19.8 Å². The van der Waals surface area contributed by atoms with Crippen LogP contribution in [0.25, 0.3) is 0 Å². The molecule has 0 aromatic heterocycles. The average molecular weight is 308 g/mol. The van der Waals surface area contributed by atoms with Crippen molar-refractivity contribution in [3.63, 3.8) is 0 Å². The Balaban J connectivity index is 3.12. The zero-order valence-corrected chi connectivity index (χ0v) is 11.4. The van der Waals surface area contributed by atoms with Crippen LogP contribution in [0, 0.1) is 15.9 Å². The number of hydrogen-bond acceptors (Lipinski definition) is 6. The van der Waals surface area contributed by atoms with Crippen LogP contribution in [0.2, 0.25) is 0 Å². The normalized spacial score (nSPS) is 11.3. The number of benzene rings is 1. The third kappa shape index (κ3) is 4.11. The largest absolute Gasteiger partial charge is 0.484 e. The molecule has 0 fully saturated rings. The SMILES string of the molecule is CCOCCOc1cc(F)c(S(N)(=O)=O)cc1[N+](=O)[O-]. The summed E-state index contributed by atoms with van der Waals surface area (Å²) in [5.74, 6) is -1.61. The monoisotopic (exact) mass is 308 g/mol. The lowest BCUT2D eigenvalue weighted by molar-refractivity contribution is -0.386. The van der Waals surface area contributed by atoms with E-state index in [-0.39, 0.29) is 19.0 Å². The van der Waals surface area contributed by atoms with E-state index in [2.05, 4.69) is 0 Å². The summed E-state index contributed by atoms with van der Waals surface area (Å²) < 4.78 is 45.7. The lowest BCUT2D eigenvalue weighted by atomic mass is 10.3. The number of nitrogens with zero attached hydrogens (tertiary/aromatic N) is 1. The van der Waals surface area contributed by atoms with Crippen LogP contribution in [-0.4, -0.2) is 33.2 Å². The second kappa shape index (κ2) is 6.59. The van der Waals surface area contributed by atoms with Gasteiger partial charge in [0.05, 0.1) is 11.5 Å². The van der Waals surface area contributed by atoms with Gasteiger partial charge in [-0.3, -0.25) is 10.1 Å². The van der Waals surface area contributed by atoms with Crippen molar-refractivity contribution < 1.29 is 27.2 Å². The van der Waals surface area contributed by atoms with E-state index in [0.29, 0.717) is 18.7 Å². The first-order chi connectivity index (χ1) is 9.27. The van der Waals surface area contributed by atoms with Crippen LogP contribution in [0.4, 0.5) is 10.1 Å². The summed E-state index contributed by atoms with van der Waals surface area (Å²) in [6.45, 7) is 2.31. The van der Waals surface area contributed by atoms with Crippen LogP contribution in [-0.2, 0) is 14.8 Å². The highest BCUT2D eigenvalue weighted by Gasteiger charge is 2.24. The van der Waals surface area contributed by atoms with E-state index in [4.69, 9.17) is 14.6 Å². The molecule has 0 heterocycles. The third-order valence-electron chi connectivity index (χ3n) is 2.21. The van der Waals surface area contributed by atoms with Gasteiger partial charge in [-0.05, 0) is 6.92 Å². The number of nitro groups is 1. The summed E-state index contributed by atoms with van der Waals surface area (Å²) in [7, 11) is -4.40. The quantitative estimate of drug-likeness (QED) is 0.451. The molecule has 1 rings (SSSR count). The van der Waals surface area contributed by atoms with Gasteiger partial charge >= 0.3 is 5.69 Å². The molecule has 8 nitrogen and oxygen atoms in total. The van der Waals surface area contributed by atoms with Crippen molar-refractivity contribution in [1.82, 2.24) is 0 Å². The van der Waals surface area contributed by atoms with Gasteiger partial charge in [-0.2, -0.15) is 0 Å². The van der Waals surface area contributed by atoms with Gasteiger partial charge in [-0.1, -0.05) is 0 Å². The molecular formula is C10H13FN2O6S. The van der Waals surface area contributed by atoms with Crippen molar-refractivity contribution in [2.45, 2.75) is 11.8 Å². The van der Waals surface area contributed by atoms with Crippen molar-refractivity contribution >= 4 is 15.7 Å². The summed E-state index contributed by atoms with van der Waals surface area (Å²) in [6, 6.07) is 1.14. The number of hydrogen-bond donors (Lipinski definition) is 1.